The van der Waals surface area contributed by atoms with Gasteiger partial charge in [-0.05, 0) is 24.3 Å². The van der Waals surface area contributed by atoms with Crippen LogP contribution in [0, 0.1) is 0 Å². The maximum Gasteiger partial charge on any atom is 0.315 e. The lowest BCUT2D eigenvalue weighted by Gasteiger charge is -2.06. The third-order valence-corrected chi connectivity index (χ3v) is 5.24. The average Bonchev–Trinajstić information content (AvgIpc) is 2.91. The number of carbonyl (C=O) groups excluding carboxylic acids is 1. The third-order valence-electron chi connectivity index (χ3n) is 2.63. The third kappa shape index (κ3) is 5.49. The summed E-state index contributed by atoms with van der Waals surface area (Å²) in [5.74, 6) is 0.391. The number of urea groups is 1. The number of halogens is 1. The van der Waals surface area contributed by atoms with E-state index < -0.39 is 10.8 Å². The van der Waals surface area contributed by atoms with E-state index in [1.165, 1.54) is 11.3 Å². The largest absolute Gasteiger partial charge is 0.337 e. The molecule has 112 valence electrons. The molecule has 0 saturated heterocycles. The normalized spacial score (nSPS) is 11.9. The smallest absolute Gasteiger partial charge is 0.315 e. The minimum atomic E-state index is -1.09. The summed E-state index contributed by atoms with van der Waals surface area (Å²) in [6, 6.07) is 12.6. The molecule has 2 rings (SSSR count). The molecular weight excluding hydrogens is 328 g/mol. The standard InChI is InChI=1S/C14H15ClN2O2S2/c15-13-7-6-11(20-13)10-17-14(18)16-8-9-21(19)12-4-2-1-3-5-12/h1-7H,8-10H2,(H2,16,17,18)/t21-/m1/s1. The van der Waals surface area contributed by atoms with Crippen LogP contribution in [0.1, 0.15) is 4.88 Å². The second kappa shape index (κ2) is 8.17. The van der Waals surface area contributed by atoms with Gasteiger partial charge in [-0.2, -0.15) is 0 Å². The molecule has 0 saturated carbocycles. The fraction of sp³-hybridized carbons (Fsp3) is 0.214. The van der Waals surface area contributed by atoms with Gasteiger partial charge in [0.25, 0.3) is 0 Å². The van der Waals surface area contributed by atoms with Crippen LogP contribution in [0.25, 0.3) is 0 Å². The molecule has 0 unspecified atom stereocenters. The summed E-state index contributed by atoms with van der Waals surface area (Å²) in [7, 11) is -1.09. The van der Waals surface area contributed by atoms with Crippen molar-refractivity contribution in [2.45, 2.75) is 11.4 Å². The summed E-state index contributed by atoms with van der Waals surface area (Å²) in [5.41, 5.74) is 0. The average molecular weight is 343 g/mol. The molecule has 0 bridgehead atoms. The number of amides is 2. The Morgan fingerprint density at radius 3 is 2.57 bits per heavy atom. The van der Waals surface area contributed by atoms with Crippen molar-refractivity contribution in [1.82, 2.24) is 10.6 Å². The second-order valence-corrected chi connectivity index (χ2v) is 7.55. The van der Waals surface area contributed by atoms with E-state index in [1.807, 2.05) is 36.4 Å². The molecule has 4 nitrogen and oxygen atoms in total. The maximum absolute atomic E-state index is 11.9. The molecule has 21 heavy (non-hydrogen) atoms. The van der Waals surface area contributed by atoms with E-state index in [-0.39, 0.29) is 6.03 Å². The summed E-state index contributed by atoms with van der Waals surface area (Å²) >= 11 is 7.24. The fourth-order valence-corrected chi connectivity index (χ4v) is 3.64. The lowest BCUT2D eigenvalue weighted by atomic mass is 10.4. The lowest BCUT2D eigenvalue weighted by Crippen LogP contribution is -2.36. The Morgan fingerprint density at radius 2 is 1.90 bits per heavy atom. The van der Waals surface area contributed by atoms with Gasteiger partial charge in [0.2, 0.25) is 0 Å². The topological polar surface area (TPSA) is 58.2 Å². The van der Waals surface area contributed by atoms with Crippen LogP contribution in [0.3, 0.4) is 0 Å². The number of benzene rings is 1. The van der Waals surface area contributed by atoms with Crippen LogP contribution in [0.15, 0.2) is 47.4 Å². The Labute approximate surface area is 135 Å². The quantitative estimate of drug-likeness (QED) is 0.847. The van der Waals surface area contributed by atoms with Gasteiger partial charge in [-0.25, -0.2) is 4.79 Å². The Morgan fingerprint density at radius 1 is 1.14 bits per heavy atom. The SMILES string of the molecule is O=C(NCC[S@@](=O)c1ccccc1)NCc1ccc(Cl)s1. The molecule has 0 aliphatic rings. The summed E-state index contributed by atoms with van der Waals surface area (Å²) in [4.78, 5) is 13.4. The van der Waals surface area contributed by atoms with Crippen molar-refractivity contribution in [2.75, 3.05) is 12.3 Å². The van der Waals surface area contributed by atoms with Crippen molar-refractivity contribution in [3.8, 4) is 0 Å². The van der Waals surface area contributed by atoms with E-state index in [0.717, 1.165) is 9.77 Å². The number of hydrogen-bond donors (Lipinski definition) is 2. The first-order valence-corrected chi connectivity index (χ1v) is 8.86. The number of hydrogen-bond acceptors (Lipinski definition) is 3. The van der Waals surface area contributed by atoms with Crippen molar-refractivity contribution >= 4 is 39.8 Å². The zero-order valence-electron chi connectivity index (χ0n) is 11.2. The van der Waals surface area contributed by atoms with Crippen LogP contribution in [-0.4, -0.2) is 22.5 Å². The van der Waals surface area contributed by atoms with Gasteiger partial charge >= 0.3 is 6.03 Å². The van der Waals surface area contributed by atoms with Crippen molar-refractivity contribution < 1.29 is 9.00 Å². The summed E-state index contributed by atoms with van der Waals surface area (Å²) in [5, 5.41) is 5.42. The van der Waals surface area contributed by atoms with Crippen LogP contribution in [0.4, 0.5) is 4.79 Å². The molecule has 0 fully saturated rings. The van der Waals surface area contributed by atoms with Gasteiger partial charge < -0.3 is 10.6 Å². The molecule has 0 aliphatic heterocycles. The highest BCUT2D eigenvalue weighted by molar-refractivity contribution is 7.85. The summed E-state index contributed by atoms with van der Waals surface area (Å²) in [6.07, 6.45) is 0. The van der Waals surface area contributed by atoms with Gasteiger partial charge in [-0.1, -0.05) is 29.8 Å². The molecule has 0 aliphatic carbocycles. The van der Waals surface area contributed by atoms with E-state index in [0.29, 0.717) is 23.2 Å². The van der Waals surface area contributed by atoms with Crippen molar-refractivity contribution in [1.29, 1.82) is 0 Å². The van der Waals surface area contributed by atoms with E-state index >= 15 is 0 Å². The zero-order valence-corrected chi connectivity index (χ0v) is 13.6. The Hall–Kier alpha value is -1.37. The first-order chi connectivity index (χ1) is 10.1. The monoisotopic (exact) mass is 342 g/mol. The van der Waals surface area contributed by atoms with Gasteiger partial charge in [0.1, 0.15) is 0 Å². The van der Waals surface area contributed by atoms with Crippen molar-refractivity contribution in [2.24, 2.45) is 0 Å². The van der Waals surface area contributed by atoms with E-state index in [9.17, 15) is 9.00 Å². The first kappa shape index (κ1) is 16.0. The molecule has 7 heteroatoms. The number of rotatable bonds is 6. The van der Waals surface area contributed by atoms with E-state index in [1.54, 1.807) is 6.07 Å². The van der Waals surface area contributed by atoms with Crippen molar-refractivity contribution in [3.05, 3.63) is 51.7 Å². The fourth-order valence-electron chi connectivity index (χ4n) is 1.62. The van der Waals surface area contributed by atoms with Gasteiger partial charge in [0.15, 0.2) is 0 Å². The second-order valence-electron chi connectivity index (χ2n) is 4.18. The number of carbonyl (C=O) groups is 1. The van der Waals surface area contributed by atoms with E-state index in [2.05, 4.69) is 10.6 Å². The van der Waals surface area contributed by atoms with Gasteiger partial charge in [0, 0.05) is 22.1 Å². The number of thiophene rings is 1. The van der Waals surface area contributed by atoms with Crippen LogP contribution in [-0.2, 0) is 17.3 Å². The zero-order chi connectivity index (χ0) is 15.1. The molecule has 2 aromatic rings. The maximum atomic E-state index is 11.9. The number of nitrogens with one attached hydrogen (secondary N) is 2. The molecular formula is C14H15ClN2O2S2. The molecule has 2 amide bonds. The van der Waals surface area contributed by atoms with Gasteiger partial charge in [-0.15, -0.1) is 11.3 Å². The highest BCUT2D eigenvalue weighted by Gasteiger charge is 2.05. The summed E-state index contributed by atoms with van der Waals surface area (Å²) < 4.78 is 12.6. The highest BCUT2D eigenvalue weighted by atomic mass is 35.5. The predicted octanol–water partition coefficient (Wildman–Crippen LogP) is 3.01. The molecule has 1 heterocycles. The van der Waals surface area contributed by atoms with Crippen LogP contribution in [0.5, 0.6) is 0 Å². The lowest BCUT2D eigenvalue weighted by molar-refractivity contribution is 0.241. The first-order valence-electron chi connectivity index (χ1n) is 6.34. The van der Waals surface area contributed by atoms with Crippen LogP contribution in [0.2, 0.25) is 4.34 Å². The molecule has 0 radical (unpaired) electrons. The Bertz CT molecular complexity index is 616. The minimum Gasteiger partial charge on any atom is -0.337 e. The van der Waals surface area contributed by atoms with Crippen LogP contribution < -0.4 is 10.6 Å². The van der Waals surface area contributed by atoms with E-state index in [4.69, 9.17) is 11.6 Å². The highest BCUT2D eigenvalue weighted by Crippen LogP contribution is 2.20. The predicted molar refractivity (Wildman–Crippen MR) is 87.3 cm³/mol. The minimum absolute atomic E-state index is 0.274. The van der Waals surface area contributed by atoms with Gasteiger partial charge in [0.05, 0.1) is 21.7 Å². The Balaban J connectivity index is 1.66. The molecule has 1 aromatic carbocycles. The Kier molecular flexibility index (Phi) is 6.22. The molecule has 2 N–H and O–H groups in total. The van der Waals surface area contributed by atoms with Crippen LogP contribution >= 0.6 is 22.9 Å². The van der Waals surface area contributed by atoms with Crippen molar-refractivity contribution in [3.63, 3.8) is 0 Å². The molecule has 0 spiro atoms. The molecule has 1 aromatic heterocycles. The van der Waals surface area contributed by atoms with Gasteiger partial charge in [-0.3, -0.25) is 4.21 Å². The molecule has 1 atom stereocenters. The summed E-state index contributed by atoms with van der Waals surface area (Å²) in [6.45, 7) is 0.795.